The predicted molar refractivity (Wildman–Crippen MR) is 213 cm³/mol. The van der Waals surface area contributed by atoms with Gasteiger partial charge in [-0.15, -0.1) is 0 Å². The third kappa shape index (κ3) is 36.4. The predicted octanol–water partition coefficient (Wildman–Crippen LogP) is 12.2. The minimum atomic E-state index is -0.930. The van der Waals surface area contributed by atoms with Crippen LogP contribution in [-0.4, -0.2) is 46.1 Å². The van der Waals surface area contributed by atoms with Gasteiger partial charge in [-0.05, 0) is 38.5 Å². The van der Waals surface area contributed by atoms with Crippen LogP contribution in [0.2, 0.25) is 0 Å². The summed E-state index contributed by atoms with van der Waals surface area (Å²) in [4.78, 5) is 12.3. The summed E-state index contributed by atoms with van der Waals surface area (Å²) >= 11 is 0. The van der Waals surface area contributed by atoms with Gasteiger partial charge in [-0.3, -0.25) is 4.79 Å². The van der Waals surface area contributed by atoms with Crippen LogP contribution in [0.15, 0.2) is 24.3 Å². The number of allylic oxidation sites excluding steroid dienone is 3. The van der Waals surface area contributed by atoms with E-state index in [1.54, 1.807) is 6.08 Å². The van der Waals surface area contributed by atoms with Gasteiger partial charge in [0.25, 0.3) is 0 Å². The van der Waals surface area contributed by atoms with Gasteiger partial charge in [-0.25, -0.2) is 0 Å². The van der Waals surface area contributed by atoms with Crippen LogP contribution in [0.1, 0.15) is 226 Å². The van der Waals surface area contributed by atoms with Gasteiger partial charge in [0.05, 0.1) is 31.3 Å². The van der Waals surface area contributed by atoms with E-state index in [1.807, 2.05) is 6.08 Å². The molecule has 0 heterocycles. The first-order valence-electron chi connectivity index (χ1n) is 21.6. The van der Waals surface area contributed by atoms with Crippen LogP contribution in [0, 0.1) is 0 Å². The highest BCUT2D eigenvalue weighted by Gasteiger charge is 2.20. The van der Waals surface area contributed by atoms with Gasteiger partial charge in [0.2, 0.25) is 5.91 Å². The molecular weight excluding hydrogens is 606 g/mol. The topological polar surface area (TPSA) is 89.8 Å². The van der Waals surface area contributed by atoms with Gasteiger partial charge in [0.1, 0.15) is 0 Å². The average molecular weight is 692 g/mol. The third-order valence-electron chi connectivity index (χ3n) is 9.98. The number of hydrogen-bond acceptors (Lipinski definition) is 4. The smallest absolute Gasteiger partial charge is 0.222 e. The number of rotatable bonds is 39. The van der Waals surface area contributed by atoms with E-state index in [2.05, 4.69) is 31.3 Å². The molecule has 0 spiro atoms. The van der Waals surface area contributed by atoms with Gasteiger partial charge in [-0.2, -0.15) is 0 Å². The van der Waals surface area contributed by atoms with E-state index in [9.17, 15) is 20.1 Å². The number of aliphatic hydroxyl groups is 3. The molecule has 3 unspecified atom stereocenters. The summed E-state index contributed by atoms with van der Waals surface area (Å²) in [6.07, 6.45) is 47.7. The zero-order valence-corrected chi connectivity index (χ0v) is 32.8. The van der Waals surface area contributed by atoms with Crippen molar-refractivity contribution in [3.63, 3.8) is 0 Å². The van der Waals surface area contributed by atoms with E-state index in [0.29, 0.717) is 6.42 Å². The van der Waals surface area contributed by atoms with Crippen LogP contribution in [0.5, 0.6) is 0 Å². The normalized spacial score (nSPS) is 13.8. The molecule has 3 atom stereocenters. The third-order valence-corrected chi connectivity index (χ3v) is 9.98. The summed E-state index contributed by atoms with van der Waals surface area (Å²) in [7, 11) is 0. The van der Waals surface area contributed by atoms with E-state index in [1.165, 1.54) is 154 Å². The molecule has 0 aromatic heterocycles. The molecule has 49 heavy (non-hydrogen) atoms. The van der Waals surface area contributed by atoms with Crippen molar-refractivity contribution in [1.82, 2.24) is 5.32 Å². The van der Waals surface area contributed by atoms with Crippen molar-refractivity contribution in [2.75, 3.05) is 6.61 Å². The molecule has 5 heteroatoms. The second-order valence-electron chi connectivity index (χ2n) is 15.0. The van der Waals surface area contributed by atoms with Crippen molar-refractivity contribution in [2.24, 2.45) is 0 Å². The van der Waals surface area contributed by atoms with Gasteiger partial charge in [0, 0.05) is 0 Å². The SMILES string of the molecule is CCCC/C=C\CCCCCC(O)CC(=O)NC(CO)C(O)/C=C/CCCCCCCCCCCCCCCCCCCCCCCCC. The number of unbranched alkanes of at least 4 members (excludes halogenated alkanes) is 28. The van der Waals surface area contributed by atoms with E-state index in [-0.39, 0.29) is 18.9 Å². The number of hydrogen-bond donors (Lipinski definition) is 4. The molecule has 0 aromatic carbocycles. The van der Waals surface area contributed by atoms with Gasteiger partial charge >= 0.3 is 0 Å². The lowest BCUT2D eigenvalue weighted by molar-refractivity contribution is -0.124. The van der Waals surface area contributed by atoms with Crippen molar-refractivity contribution in [2.45, 2.75) is 244 Å². The monoisotopic (exact) mass is 692 g/mol. The van der Waals surface area contributed by atoms with Crippen molar-refractivity contribution in [3.8, 4) is 0 Å². The Balaban J connectivity index is 3.58. The van der Waals surface area contributed by atoms with E-state index in [0.717, 1.165) is 44.9 Å². The quantitative estimate of drug-likeness (QED) is 0.0381. The highest BCUT2D eigenvalue weighted by atomic mass is 16.3. The number of amides is 1. The lowest BCUT2D eigenvalue weighted by Gasteiger charge is -2.21. The molecule has 4 N–H and O–H groups in total. The summed E-state index contributed by atoms with van der Waals surface area (Å²) < 4.78 is 0. The first kappa shape index (κ1) is 47.8. The Bertz CT molecular complexity index is 724. The Kier molecular flexibility index (Phi) is 38.7. The standard InChI is InChI=1S/C44H85NO4/c1-3-5-7-9-11-13-14-15-16-17-18-19-20-21-22-23-24-25-26-27-28-30-32-34-36-38-43(48)42(40-46)45-44(49)39-41(47)37-35-33-31-29-12-10-8-6-4-2/h10,12,36,38,41-43,46-48H,3-9,11,13-35,37,39-40H2,1-2H3,(H,45,49)/b12-10-,38-36+. The molecule has 0 aromatic rings. The minimum absolute atomic E-state index is 0.00334. The van der Waals surface area contributed by atoms with Crippen LogP contribution in [0.3, 0.4) is 0 Å². The second-order valence-corrected chi connectivity index (χ2v) is 15.0. The van der Waals surface area contributed by atoms with Crippen LogP contribution in [0.4, 0.5) is 0 Å². The summed E-state index contributed by atoms with van der Waals surface area (Å²) in [5, 5.41) is 33.1. The first-order chi connectivity index (χ1) is 24.0. The Labute approximate surface area is 305 Å². The molecular formula is C44H85NO4. The largest absolute Gasteiger partial charge is 0.394 e. The van der Waals surface area contributed by atoms with Crippen LogP contribution in [-0.2, 0) is 4.79 Å². The maximum Gasteiger partial charge on any atom is 0.222 e. The summed E-state index contributed by atoms with van der Waals surface area (Å²) in [5.74, 6) is -0.326. The Morgan fingerprint density at radius 3 is 1.31 bits per heavy atom. The summed E-state index contributed by atoms with van der Waals surface area (Å²) in [6.45, 7) is 4.16. The van der Waals surface area contributed by atoms with Crippen LogP contribution in [0.25, 0.3) is 0 Å². The molecule has 0 rings (SSSR count). The molecule has 0 saturated carbocycles. The molecule has 0 aliphatic rings. The molecule has 1 amide bonds. The number of aliphatic hydroxyl groups excluding tert-OH is 3. The molecule has 0 saturated heterocycles. The van der Waals surface area contributed by atoms with E-state index in [4.69, 9.17) is 0 Å². The zero-order chi connectivity index (χ0) is 35.9. The number of carbonyl (C=O) groups is 1. The number of nitrogens with one attached hydrogen (secondary N) is 1. The van der Waals surface area contributed by atoms with Gasteiger partial charge < -0.3 is 20.6 Å². The molecule has 5 nitrogen and oxygen atoms in total. The molecule has 0 bridgehead atoms. The second kappa shape index (κ2) is 39.6. The van der Waals surface area contributed by atoms with Gasteiger partial charge in [0.15, 0.2) is 0 Å². The Morgan fingerprint density at radius 1 is 0.510 bits per heavy atom. The summed E-state index contributed by atoms with van der Waals surface area (Å²) in [5.41, 5.74) is 0. The van der Waals surface area contributed by atoms with Gasteiger partial charge in [-0.1, -0.05) is 205 Å². The highest BCUT2D eigenvalue weighted by molar-refractivity contribution is 5.76. The molecule has 0 fully saturated rings. The Morgan fingerprint density at radius 2 is 0.878 bits per heavy atom. The lowest BCUT2D eigenvalue weighted by atomic mass is 10.0. The van der Waals surface area contributed by atoms with Crippen molar-refractivity contribution in [1.29, 1.82) is 0 Å². The van der Waals surface area contributed by atoms with Crippen molar-refractivity contribution >= 4 is 5.91 Å². The Hall–Kier alpha value is -1.17. The highest BCUT2D eigenvalue weighted by Crippen LogP contribution is 2.16. The molecule has 0 aliphatic carbocycles. The maximum absolute atomic E-state index is 12.3. The van der Waals surface area contributed by atoms with Crippen molar-refractivity contribution in [3.05, 3.63) is 24.3 Å². The molecule has 0 radical (unpaired) electrons. The lowest BCUT2D eigenvalue weighted by Crippen LogP contribution is -2.45. The fraction of sp³-hybridized carbons (Fsp3) is 0.886. The fourth-order valence-corrected chi connectivity index (χ4v) is 6.61. The van der Waals surface area contributed by atoms with E-state index < -0.39 is 18.2 Å². The first-order valence-corrected chi connectivity index (χ1v) is 21.6. The number of carbonyl (C=O) groups excluding carboxylic acids is 1. The molecule has 0 aliphatic heterocycles. The summed E-state index contributed by atoms with van der Waals surface area (Å²) in [6, 6.07) is -0.746. The van der Waals surface area contributed by atoms with Crippen LogP contribution < -0.4 is 5.32 Å². The van der Waals surface area contributed by atoms with E-state index >= 15 is 0 Å². The fourth-order valence-electron chi connectivity index (χ4n) is 6.61. The van der Waals surface area contributed by atoms with Crippen molar-refractivity contribution < 1.29 is 20.1 Å². The van der Waals surface area contributed by atoms with Crippen LogP contribution >= 0.6 is 0 Å². The molecule has 290 valence electrons. The maximum atomic E-state index is 12.3. The zero-order valence-electron chi connectivity index (χ0n) is 32.8. The average Bonchev–Trinajstić information content (AvgIpc) is 3.09. The minimum Gasteiger partial charge on any atom is -0.394 e.